The average Bonchev–Trinajstić information content (AvgIpc) is 2.65. The van der Waals surface area contributed by atoms with Crippen LogP contribution in [-0.2, 0) is 0 Å². The topological polar surface area (TPSA) is 3.24 Å². The number of fused-ring (bicyclic) bond motifs is 2. The van der Waals surface area contributed by atoms with Gasteiger partial charge in [-0.15, -0.1) is 0 Å². The molecule has 0 bridgehead atoms. The van der Waals surface area contributed by atoms with Crippen LogP contribution in [0, 0.1) is 0 Å². The fraction of sp³-hybridized carbons (Fsp3) is 0.0833. The van der Waals surface area contributed by atoms with Gasteiger partial charge >= 0.3 is 0 Å². The predicted molar refractivity (Wildman–Crippen MR) is 111 cm³/mol. The Labute approximate surface area is 148 Å². The van der Waals surface area contributed by atoms with E-state index in [0.29, 0.717) is 0 Å². The van der Waals surface area contributed by atoms with E-state index in [2.05, 4.69) is 110 Å². The molecule has 0 aliphatic heterocycles. The molecule has 0 saturated heterocycles. The first-order valence-electron chi connectivity index (χ1n) is 8.57. The second kappa shape index (κ2) is 6.45. The van der Waals surface area contributed by atoms with Gasteiger partial charge in [0.15, 0.2) is 0 Å². The van der Waals surface area contributed by atoms with Crippen LogP contribution >= 0.6 is 0 Å². The van der Waals surface area contributed by atoms with Gasteiger partial charge < -0.3 is 4.90 Å². The Morgan fingerprint density at radius 1 is 0.560 bits per heavy atom. The summed E-state index contributed by atoms with van der Waals surface area (Å²) in [7, 11) is 4.12. The molecule has 0 aromatic heterocycles. The molecule has 0 heterocycles. The van der Waals surface area contributed by atoms with E-state index in [1.54, 1.807) is 0 Å². The van der Waals surface area contributed by atoms with Crippen LogP contribution in [0.3, 0.4) is 0 Å². The third-order valence-corrected chi connectivity index (χ3v) is 4.61. The molecule has 0 radical (unpaired) electrons. The monoisotopic (exact) mass is 323 g/mol. The van der Waals surface area contributed by atoms with Crippen LogP contribution in [0.2, 0.25) is 0 Å². The van der Waals surface area contributed by atoms with Crippen LogP contribution in [0.25, 0.3) is 33.7 Å². The predicted octanol–water partition coefficient (Wildman–Crippen LogP) is 6.23. The summed E-state index contributed by atoms with van der Waals surface area (Å²) in [4.78, 5) is 2.11. The van der Waals surface area contributed by atoms with Gasteiger partial charge in [0.2, 0.25) is 0 Å². The number of anilines is 1. The van der Waals surface area contributed by atoms with Crippen LogP contribution in [0.1, 0.15) is 11.1 Å². The minimum atomic E-state index is 1.21. The van der Waals surface area contributed by atoms with Crippen molar-refractivity contribution < 1.29 is 0 Å². The van der Waals surface area contributed by atoms with E-state index in [9.17, 15) is 0 Å². The second-order valence-corrected chi connectivity index (χ2v) is 6.63. The molecule has 0 fully saturated rings. The van der Waals surface area contributed by atoms with Crippen molar-refractivity contribution in [1.29, 1.82) is 0 Å². The van der Waals surface area contributed by atoms with Gasteiger partial charge in [-0.1, -0.05) is 60.7 Å². The van der Waals surface area contributed by atoms with Gasteiger partial charge in [0, 0.05) is 19.8 Å². The summed E-state index contributed by atoms with van der Waals surface area (Å²) in [5, 5.41) is 5.14. The van der Waals surface area contributed by atoms with Crippen LogP contribution in [-0.4, -0.2) is 14.1 Å². The summed E-state index contributed by atoms with van der Waals surface area (Å²) in [5.74, 6) is 0. The van der Waals surface area contributed by atoms with Crippen molar-refractivity contribution in [3.8, 4) is 0 Å². The fourth-order valence-corrected chi connectivity index (χ4v) is 3.14. The maximum Gasteiger partial charge on any atom is 0.0361 e. The Morgan fingerprint density at radius 2 is 1.12 bits per heavy atom. The standard InChI is InChI=1S/C24H21N/c1-25(2)24-13-10-18(11-14-24)7-8-19-9-12-22-16-20-5-3-4-6-21(20)17-23(22)15-19/h3-17H,1-2H3. The molecular formula is C24H21N. The molecule has 25 heavy (non-hydrogen) atoms. The first kappa shape index (κ1) is 15.5. The lowest BCUT2D eigenvalue weighted by molar-refractivity contribution is 1.13. The Kier molecular flexibility index (Phi) is 3.99. The summed E-state index contributed by atoms with van der Waals surface area (Å²) in [6, 6.07) is 28.3. The molecule has 1 nitrogen and oxygen atoms in total. The molecule has 4 aromatic carbocycles. The SMILES string of the molecule is CN(C)c1ccc(C=Cc2ccc3cc4ccccc4cc3c2)cc1. The van der Waals surface area contributed by atoms with E-state index >= 15 is 0 Å². The highest BCUT2D eigenvalue weighted by Gasteiger charge is 1.99. The fourth-order valence-electron chi connectivity index (χ4n) is 3.14. The highest BCUT2D eigenvalue weighted by Crippen LogP contribution is 2.24. The number of rotatable bonds is 3. The Hall–Kier alpha value is -3.06. The van der Waals surface area contributed by atoms with Crippen LogP contribution in [0.15, 0.2) is 78.9 Å². The van der Waals surface area contributed by atoms with Gasteiger partial charge in [-0.05, 0) is 63.0 Å². The smallest absolute Gasteiger partial charge is 0.0361 e. The zero-order valence-corrected chi connectivity index (χ0v) is 14.6. The summed E-state index contributed by atoms with van der Waals surface area (Å²) < 4.78 is 0. The van der Waals surface area contributed by atoms with Gasteiger partial charge in [0.05, 0.1) is 0 Å². The van der Waals surface area contributed by atoms with Crippen molar-refractivity contribution in [2.45, 2.75) is 0 Å². The minimum Gasteiger partial charge on any atom is -0.378 e. The maximum atomic E-state index is 2.27. The molecule has 4 aromatic rings. The van der Waals surface area contributed by atoms with E-state index in [4.69, 9.17) is 0 Å². The van der Waals surface area contributed by atoms with E-state index < -0.39 is 0 Å². The summed E-state index contributed by atoms with van der Waals surface area (Å²) in [6.07, 6.45) is 4.35. The third-order valence-electron chi connectivity index (χ3n) is 4.61. The lowest BCUT2D eigenvalue weighted by Gasteiger charge is -2.11. The molecule has 0 aliphatic rings. The molecule has 0 amide bonds. The van der Waals surface area contributed by atoms with Crippen molar-refractivity contribution in [1.82, 2.24) is 0 Å². The lowest BCUT2D eigenvalue weighted by atomic mass is 10.0. The van der Waals surface area contributed by atoms with Gasteiger partial charge in [-0.2, -0.15) is 0 Å². The van der Waals surface area contributed by atoms with Crippen molar-refractivity contribution in [2.75, 3.05) is 19.0 Å². The van der Waals surface area contributed by atoms with E-state index in [0.717, 1.165) is 0 Å². The largest absolute Gasteiger partial charge is 0.378 e. The molecule has 0 spiro atoms. The molecular weight excluding hydrogens is 302 g/mol. The third kappa shape index (κ3) is 3.27. The average molecular weight is 323 g/mol. The van der Waals surface area contributed by atoms with E-state index in [1.165, 1.54) is 38.4 Å². The number of hydrogen-bond acceptors (Lipinski definition) is 1. The normalized spacial score (nSPS) is 11.4. The maximum absolute atomic E-state index is 2.27. The van der Waals surface area contributed by atoms with Gasteiger partial charge in [0.1, 0.15) is 0 Å². The molecule has 0 unspecified atom stereocenters. The Bertz CT molecular complexity index is 1060. The summed E-state index contributed by atoms with van der Waals surface area (Å²) >= 11 is 0. The lowest BCUT2D eigenvalue weighted by Crippen LogP contribution is -2.07. The highest BCUT2D eigenvalue weighted by atomic mass is 15.1. The number of hydrogen-bond donors (Lipinski definition) is 0. The van der Waals surface area contributed by atoms with Crippen LogP contribution in [0.4, 0.5) is 5.69 Å². The summed E-state index contributed by atoms with van der Waals surface area (Å²) in [5.41, 5.74) is 3.65. The van der Waals surface area contributed by atoms with Crippen LogP contribution < -0.4 is 4.90 Å². The zero-order chi connectivity index (χ0) is 17.2. The first-order chi connectivity index (χ1) is 12.2. The number of nitrogens with zero attached hydrogens (tertiary/aromatic N) is 1. The summed E-state index contributed by atoms with van der Waals surface area (Å²) in [6.45, 7) is 0. The Morgan fingerprint density at radius 3 is 1.80 bits per heavy atom. The molecule has 122 valence electrons. The van der Waals surface area contributed by atoms with E-state index in [1.807, 2.05) is 0 Å². The molecule has 0 N–H and O–H groups in total. The Balaban J connectivity index is 1.65. The van der Waals surface area contributed by atoms with E-state index in [-0.39, 0.29) is 0 Å². The number of benzene rings is 4. The van der Waals surface area contributed by atoms with Crippen LogP contribution in [0.5, 0.6) is 0 Å². The quantitative estimate of drug-likeness (QED) is 0.319. The molecule has 0 atom stereocenters. The molecule has 4 rings (SSSR count). The first-order valence-corrected chi connectivity index (χ1v) is 8.57. The molecule has 1 heteroatoms. The molecule has 0 aliphatic carbocycles. The van der Waals surface area contributed by atoms with Gasteiger partial charge in [-0.25, -0.2) is 0 Å². The highest BCUT2D eigenvalue weighted by molar-refractivity contribution is 5.99. The van der Waals surface area contributed by atoms with Gasteiger partial charge in [-0.3, -0.25) is 0 Å². The second-order valence-electron chi connectivity index (χ2n) is 6.63. The van der Waals surface area contributed by atoms with Crippen molar-refractivity contribution in [3.63, 3.8) is 0 Å². The van der Waals surface area contributed by atoms with Crippen molar-refractivity contribution >= 4 is 39.4 Å². The van der Waals surface area contributed by atoms with Crippen molar-refractivity contribution in [3.05, 3.63) is 90.0 Å². The minimum absolute atomic E-state index is 1.21. The van der Waals surface area contributed by atoms with Crippen molar-refractivity contribution in [2.24, 2.45) is 0 Å². The zero-order valence-electron chi connectivity index (χ0n) is 14.6. The molecule has 0 saturated carbocycles. The van der Waals surface area contributed by atoms with Gasteiger partial charge in [0.25, 0.3) is 0 Å².